The molecule has 0 bridgehead atoms. The number of alkyl carbamates (subject to hydrolysis) is 1. The van der Waals surface area contributed by atoms with Crippen molar-refractivity contribution >= 4 is 18.8 Å². The van der Waals surface area contributed by atoms with Crippen LogP contribution in [-0.4, -0.2) is 74.2 Å². The molecule has 1 aliphatic rings. The molecule has 8 nitrogen and oxygen atoms in total. The summed E-state index contributed by atoms with van der Waals surface area (Å²) in [5, 5.41) is 6.12. The number of ether oxygens (including phenoxy) is 2. The Bertz CT molecular complexity index is 673. The second-order valence-electron chi connectivity index (χ2n) is 9.45. The van der Waals surface area contributed by atoms with E-state index in [9.17, 15) is 14.4 Å². The summed E-state index contributed by atoms with van der Waals surface area (Å²) in [5.74, 6) is 0. The van der Waals surface area contributed by atoms with Gasteiger partial charge in [0, 0.05) is 25.2 Å². The minimum Gasteiger partial charge on any atom is -0.444 e. The van der Waals surface area contributed by atoms with Gasteiger partial charge in [0.2, 0.25) is 6.41 Å². The molecule has 36 heavy (non-hydrogen) atoms. The summed E-state index contributed by atoms with van der Waals surface area (Å²) in [4.78, 5) is 35.7. The zero-order valence-electron chi connectivity index (χ0n) is 23.8. The van der Waals surface area contributed by atoms with Crippen LogP contribution in [0.25, 0.3) is 0 Å². The Hall–Kier alpha value is -2.45. The molecule has 0 aliphatic carbocycles. The number of hydrogen-bond acceptors (Lipinski definition) is 6. The highest BCUT2D eigenvalue weighted by Gasteiger charge is 2.33. The second-order valence-corrected chi connectivity index (χ2v) is 9.45. The number of methoxy groups -OCH3 is 1. The van der Waals surface area contributed by atoms with E-state index in [1.165, 1.54) is 0 Å². The predicted molar refractivity (Wildman–Crippen MR) is 148 cm³/mol. The van der Waals surface area contributed by atoms with Crippen LogP contribution in [0.4, 0.5) is 4.79 Å². The van der Waals surface area contributed by atoms with E-state index in [4.69, 9.17) is 9.47 Å². The number of likely N-dealkylation sites (tertiary alicyclic amines) is 1. The molecule has 1 rings (SSSR count). The zero-order valence-corrected chi connectivity index (χ0v) is 23.8. The summed E-state index contributed by atoms with van der Waals surface area (Å²) in [6, 6.07) is 0.0342. The van der Waals surface area contributed by atoms with Gasteiger partial charge in [-0.15, -0.1) is 0 Å². The van der Waals surface area contributed by atoms with Gasteiger partial charge in [-0.3, -0.25) is 4.79 Å². The maximum Gasteiger partial charge on any atom is 0.407 e. The Balaban J connectivity index is 0. The van der Waals surface area contributed by atoms with E-state index >= 15 is 0 Å². The van der Waals surface area contributed by atoms with Gasteiger partial charge in [-0.25, -0.2) is 4.79 Å². The first-order valence-corrected chi connectivity index (χ1v) is 12.8. The molecule has 0 aromatic carbocycles. The van der Waals surface area contributed by atoms with Crippen molar-refractivity contribution in [2.75, 3.05) is 20.8 Å². The highest BCUT2D eigenvalue weighted by Crippen LogP contribution is 2.25. The molecule has 0 saturated carbocycles. The maximum atomic E-state index is 11.8. The average molecular weight is 510 g/mol. The third-order valence-electron chi connectivity index (χ3n) is 5.46. The van der Waals surface area contributed by atoms with Crippen molar-refractivity contribution in [1.82, 2.24) is 15.5 Å². The second kappa shape index (κ2) is 20.7. The van der Waals surface area contributed by atoms with E-state index < -0.39 is 11.7 Å². The first-order chi connectivity index (χ1) is 17.0. The van der Waals surface area contributed by atoms with E-state index in [1.807, 2.05) is 54.7 Å². The summed E-state index contributed by atoms with van der Waals surface area (Å²) in [5.41, 5.74) is 0.542. The molecule has 4 atom stereocenters. The highest BCUT2D eigenvalue weighted by molar-refractivity contribution is 5.68. The van der Waals surface area contributed by atoms with Crippen LogP contribution < -0.4 is 10.6 Å². The van der Waals surface area contributed by atoms with Crippen LogP contribution in [0, 0.1) is 0 Å². The van der Waals surface area contributed by atoms with E-state index in [0.29, 0.717) is 6.61 Å². The number of carbonyl (C=O) groups excluding carboxylic acids is 3. The standard InChI is InChI=1S/C18H33N3O4.C8H12O.C2H6/c1-13(20-17(24)25-18(2,3)4)6-7-14(19-5)10-15-8-9-16(11-22)21(15)12-23;1-4-6-8(5-2)7-9-3;1-2/h11-16,19H,6-10H2,1-5H3,(H,20,24);4-6H,1-2,7H2,3H3;1-2H3/b;8-6+;. The van der Waals surface area contributed by atoms with Gasteiger partial charge < -0.3 is 29.8 Å². The molecule has 0 aromatic heterocycles. The first-order valence-electron chi connectivity index (χ1n) is 12.8. The third-order valence-corrected chi connectivity index (χ3v) is 5.46. The monoisotopic (exact) mass is 509 g/mol. The summed E-state index contributed by atoms with van der Waals surface area (Å²) < 4.78 is 10.1. The van der Waals surface area contributed by atoms with Crippen molar-refractivity contribution in [1.29, 1.82) is 0 Å². The van der Waals surface area contributed by atoms with Gasteiger partial charge in [-0.2, -0.15) is 0 Å². The fraction of sp³-hybridized carbons (Fsp3) is 0.679. The van der Waals surface area contributed by atoms with Crippen LogP contribution in [0.1, 0.15) is 73.6 Å². The average Bonchev–Trinajstić information content (AvgIpc) is 3.23. The minimum atomic E-state index is -0.507. The van der Waals surface area contributed by atoms with Crippen molar-refractivity contribution in [3.63, 3.8) is 0 Å². The van der Waals surface area contributed by atoms with Crippen LogP contribution in [0.5, 0.6) is 0 Å². The topological polar surface area (TPSA) is 97.0 Å². The molecule has 1 aliphatic heterocycles. The van der Waals surface area contributed by atoms with Gasteiger partial charge in [-0.1, -0.05) is 45.2 Å². The van der Waals surface area contributed by atoms with Crippen LogP contribution in [-0.2, 0) is 19.1 Å². The molecule has 0 aromatic rings. The molecule has 2 N–H and O–H groups in total. The fourth-order valence-electron chi connectivity index (χ4n) is 3.71. The number of amides is 2. The van der Waals surface area contributed by atoms with Gasteiger partial charge in [0.25, 0.3) is 0 Å². The predicted octanol–water partition coefficient (Wildman–Crippen LogP) is 4.80. The number of rotatable bonds is 13. The summed E-state index contributed by atoms with van der Waals surface area (Å²) >= 11 is 0. The Morgan fingerprint density at radius 3 is 2.25 bits per heavy atom. The molecule has 0 radical (unpaired) electrons. The van der Waals surface area contributed by atoms with Crippen LogP contribution >= 0.6 is 0 Å². The maximum absolute atomic E-state index is 11.8. The van der Waals surface area contributed by atoms with Crippen molar-refractivity contribution in [3.8, 4) is 0 Å². The van der Waals surface area contributed by atoms with Crippen molar-refractivity contribution in [2.24, 2.45) is 0 Å². The zero-order chi connectivity index (χ0) is 28.1. The SMILES string of the molecule is C=C/C=C(\C=C)COC.CC.CNC(CCC(C)NC(=O)OC(C)(C)C)CC1CCC(C=O)N1C=O. The van der Waals surface area contributed by atoms with Crippen molar-refractivity contribution < 1.29 is 23.9 Å². The Morgan fingerprint density at radius 2 is 1.81 bits per heavy atom. The van der Waals surface area contributed by atoms with Crippen LogP contribution in [0.15, 0.2) is 37.0 Å². The number of aldehydes is 1. The normalized spacial score (nSPS) is 18.9. The molecule has 1 saturated heterocycles. The van der Waals surface area contributed by atoms with Crippen molar-refractivity contribution in [3.05, 3.63) is 37.0 Å². The number of nitrogens with zero attached hydrogens (tertiary/aromatic N) is 1. The van der Waals surface area contributed by atoms with Gasteiger partial charge in [0.15, 0.2) is 0 Å². The van der Waals surface area contributed by atoms with E-state index in [2.05, 4.69) is 23.8 Å². The quantitative estimate of drug-likeness (QED) is 0.273. The van der Waals surface area contributed by atoms with Crippen LogP contribution in [0.3, 0.4) is 0 Å². The Labute approximate surface area is 219 Å². The van der Waals surface area contributed by atoms with E-state index in [1.54, 1.807) is 24.2 Å². The van der Waals surface area contributed by atoms with Gasteiger partial charge in [0.05, 0.1) is 12.6 Å². The molecule has 1 fully saturated rings. The number of hydrogen-bond donors (Lipinski definition) is 2. The molecule has 208 valence electrons. The molecular weight excluding hydrogens is 458 g/mol. The fourth-order valence-corrected chi connectivity index (χ4v) is 3.71. The van der Waals surface area contributed by atoms with E-state index in [0.717, 1.165) is 50.4 Å². The lowest BCUT2D eigenvalue weighted by Crippen LogP contribution is -2.41. The van der Waals surface area contributed by atoms with Gasteiger partial charge in [0.1, 0.15) is 11.9 Å². The molecule has 2 amide bonds. The van der Waals surface area contributed by atoms with Gasteiger partial charge >= 0.3 is 6.09 Å². The lowest BCUT2D eigenvalue weighted by atomic mass is 9.99. The first kappa shape index (κ1) is 35.7. The van der Waals surface area contributed by atoms with Crippen LogP contribution in [0.2, 0.25) is 0 Å². The van der Waals surface area contributed by atoms with Crippen molar-refractivity contribution in [2.45, 2.75) is 103 Å². The summed E-state index contributed by atoms with van der Waals surface area (Å²) in [6.07, 6.45) is 10.6. The summed E-state index contributed by atoms with van der Waals surface area (Å²) in [6.45, 7) is 19.2. The molecule has 0 spiro atoms. The Morgan fingerprint density at radius 1 is 1.17 bits per heavy atom. The van der Waals surface area contributed by atoms with Gasteiger partial charge in [-0.05, 0) is 72.4 Å². The summed E-state index contributed by atoms with van der Waals surface area (Å²) in [7, 11) is 3.55. The smallest absolute Gasteiger partial charge is 0.407 e. The number of nitrogens with one attached hydrogen (secondary N) is 2. The highest BCUT2D eigenvalue weighted by atomic mass is 16.6. The largest absolute Gasteiger partial charge is 0.444 e. The number of carbonyl (C=O) groups is 3. The van der Waals surface area contributed by atoms with E-state index in [-0.39, 0.29) is 24.2 Å². The molecule has 1 heterocycles. The molecule has 4 unspecified atom stereocenters. The number of allylic oxidation sites excluding steroid dienone is 2. The lowest BCUT2D eigenvalue weighted by molar-refractivity contribution is -0.125. The molecular formula is C28H51N3O5. The minimum absolute atomic E-state index is 0.000763. The lowest BCUT2D eigenvalue weighted by Gasteiger charge is -2.28. The molecule has 8 heteroatoms. The Kier molecular flexibility index (Phi) is 20.5. The third kappa shape index (κ3) is 16.3.